The van der Waals surface area contributed by atoms with E-state index in [9.17, 15) is 0 Å². The van der Waals surface area contributed by atoms with Crippen LogP contribution in [-0.4, -0.2) is 15.7 Å². The van der Waals surface area contributed by atoms with Crippen molar-refractivity contribution in [3.8, 4) is 0 Å². The first-order chi connectivity index (χ1) is 9.60. The minimum atomic E-state index is 0.418. The van der Waals surface area contributed by atoms with Gasteiger partial charge in [-0.05, 0) is 31.0 Å². The molecule has 0 bridgehead atoms. The number of rotatable bonds is 4. The lowest BCUT2D eigenvalue weighted by molar-refractivity contribution is 0.737. The summed E-state index contributed by atoms with van der Waals surface area (Å²) in [6.45, 7) is 4.68. The summed E-state index contributed by atoms with van der Waals surface area (Å²) in [5, 5.41) is 7.30. The fourth-order valence-corrected chi connectivity index (χ4v) is 1.93. The van der Waals surface area contributed by atoms with E-state index in [-0.39, 0.29) is 0 Å². The van der Waals surface area contributed by atoms with Gasteiger partial charge in [0.2, 0.25) is 0 Å². The maximum Gasteiger partial charge on any atom is 0.193 e. The fraction of sp³-hybridized carbons (Fsp3) is 0.333. The van der Waals surface area contributed by atoms with Gasteiger partial charge in [0.1, 0.15) is 0 Å². The van der Waals surface area contributed by atoms with Gasteiger partial charge < -0.3 is 11.1 Å². The lowest BCUT2D eigenvalue weighted by Gasteiger charge is -2.07. The number of nitrogens with zero attached hydrogens (tertiary/aromatic N) is 3. The number of anilines is 1. The van der Waals surface area contributed by atoms with Crippen LogP contribution >= 0.6 is 0 Å². The number of nitrogens with two attached hydrogens (primary N) is 1. The Hall–Kier alpha value is -2.30. The molecule has 0 saturated carbocycles. The highest BCUT2D eigenvalue weighted by Crippen LogP contribution is 2.11. The summed E-state index contributed by atoms with van der Waals surface area (Å²) in [6.07, 6.45) is 2.82. The van der Waals surface area contributed by atoms with Crippen molar-refractivity contribution in [2.45, 2.75) is 26.8 Å². The van der Waals surface area contributed by atoms with E-state index in [2.05, 4.69) is 34.5 Å². The summed E-state index contributed by atoms with van der Waals surface area (Å²) in [7, 11) is 1.92. The number of aryl methyl sites for hydroxylation is 2. The first-order valence-corrected chi connectivity index (χ1v) is 6.73. The molecule has 106 valence electrons. The molecule has 1 aromatic heterocycles. The Balaban J connectivity index is 2.02. The predicted molar refractivity (Wildman–Crippen MR) is 82.7 cm³/mol. The van der Waals surface area contributed by atoms with Gasteiger partial charge in [0.15, 0.2) is 5.96 Å². The summed E-state index contributed by atoms with van der Waals surface area (Å²) in [5.74, 6) is 0.418. The Morgan fingerprint density at radius 1 is 1.45 bits per heavy atom. The van der Waals surface area contributed by atoms with Crippen LogP contribution in [0.15, 0.2) is 35.5 Å². The van der Waals surface area contributed by atoms with Crippen LogP contribution in [-0.2, 0) is 20.0 Å². The molecule has 0 aliphatic rings. The monoisotopic (exact) mass is 271 g/mol. The maximum absolute atomic E-state index is 5.91. The highest BCUT2D eigenvalue weighted by Gasteiger charge is 2.03. The molecule has 2 aromatic rings. The minimum absolute atomic E-state index is 0.418. The number of hydrogen-bond donors (Lipinski definition) is 2. The van der Waals surface area contributed by atoms with Crippen LogP contribution in [0.5, 0.6) is 0 Å². The summed E-state index contributed by atoms with van der Waals surface area (Å²) < 4.78 is 1.83. The molecule has 0 fully saturated rings. The molecule has 0 spiro atoms. The lowest BCUT2D eigenvalue weighted by atomic mass is 10.1. The molecule has 5 nitrogen and oxygen atoms in total. The van der Waals surface area contributed by atoms with E-state index in [0.29, 0.717) is 12.5 Å². The molecule has 1 aromatic carbocycles. The quantitative estimate of drug-likeness (QED) is 0.662. The van der Waals surface area contributed by atoms with Gasteiger partial charge in [-0.1, -0.05) is 19.1 Å². The molecular formula is C15H21N5. The average Bonchev–Trinajstić information content (AvgIpc) is 2.77. The van der Waals surface area contributed by atoms with Crippen molar-refractivity contribution in [1.82, 2.24) is 9.78 Å². The topological polar surface area (TPSA) is 68.2 Å². The SMILES string of the molecule is CCc1cccc(NC(N)=NCc2cnn(C)c2C)c1. The van der Waals surface area contributed by atoms with Crippen molar-refractivity contribution >= 4 is 11.6 Å². The first-order valence-electron chi connectivity index (χ1n) is 6.73. The van der Waals surface area contributed by atoms with Gasteiger partial charge in [0, 0.05) is 24.0 Å². The van der Waals surface area contributed by atoms with Crippen LogP contribution in [0.2, 0.25) is 0 Å². The molecule has 0 atom stereocenters. The van der Waals surface area contributed by atoms with Crippen molar-refractivity contribution in [1.29, 1.82) is 0 Å². The van der Waals surface area contributed by atoms with E-state index in [4.69, 9.17) is 5.73 Å². The van der Waals surface area contributed by atoms with E-state index in [0.717, 1.165) is 23.4 Å². The van der Waals surface area contributed by atoms with Crippen molar-refractivity contribution in [2.75, 3.05) is 5.32 Å². The molecule has 0 aliphatic carbocycles. The molecule has 20 heavy (non-hydrogen) atoms. The minimum Gasteiger partial charge on any atom is -0.370 e. The highest BCUT2D eigenvalue weighted by molar-refractivity contribution is 5.92. The standard InChI is InChI=1S/C15H21N5/c1-4-12-6-5-7-14(8-12)19-15(16)17-9-13-10-18-20(3)11(13)2/h5-8,10H,4,9H2,1-3H3,(H3,16,17,19). The molecule has 0 radical (unpaired) electrons. The summed E-state index contributed by atoms with van der Waals surface area (Å²) >= 11 is 0. The molecule has 2 rings (SSSR count). The number of aromatic nitrogens is 2. The van der Waals surface area contributed by atoms with E-state index < -0.39 is 0 Å². The third-order valence-corrected chi connectivity index (χ3v) is 3.36. The number of guanidine groups is 1. The van der Waals surface area contributed by atoms with E-state index in [1.807, 2.05) is 37.0 Å². The number of hydrogen-bond acceptors (Lipinski definition) is 2. The summed E-state index contributed by atoms with van der Waals surface area (Å²) in [5.41, 5.74) is 10.3. The first kappa shape index (κ1) is 14.1. The second-order valence-electron chi connectivity index (χ2n) is 4.76. The Labute approximate surface area is 119 Å². The molecule has 0 saturated heterocycles. The van der Waals surface area contributed by atoms with Crippen molar-refractivity contribution < 1.29 is 0 Å². The highest BCUT2D eigenvalue weighted by atomic mass is 15.3. The van der Waals surface area contributed by atoms with Gasteiger partial charge >= 0.3 is 0 Å². The molecule has 0 amide bonds. The summed E-state index contributed by atoms with van der Waals surface area (Å²) in [6, 6.07) is 8.17. The molecule has 0 aliphatic heterocycles. The molecule has 5 heteroatoms. The zero-order valence-corrected chi connectivity index (χ0v) is 12.2. The van der Waals surface area contributed by atoms with Gasteiger partial charge in [-0.15, -0.1) is 0 Å². The third kappa shape index (κ3) is 3.38. The van der Waals surface area contributed by atoms with Crippen LogP contribution in [0.25, 0.3) is 0 Å². The average molecular weight is 271 g/mol. The van der Waals surface area contributed by atoms with Crippen LogP contribution in [0.4, 0.5) is 5.69 Å². The Morgan fingerprint density at radius 2 is 2.25 bits per heavy atom. The Kier molecular flexibility index (Phi) is 4.40. The second-order valence-corrected chi connectivity index (χ2v) is 4.76. The molecular weight excluding hydrogens is 250 g/mol. The van der Waals surface area contributed by atoms with Crippen LogP contribution in [0.1, 0.15) is 23.7 Å². The summed E-state index contributed by atoms with van der Waals surface area (Å²) in [4.78, 5) is 4.35. The largest absolute Gasteiger partial charge is 0.370 e. The normalized spacial score (nSPS) is 11.7. The van der Waals surface area contributed by atoms with E-state index in [1.165, 1.54) is 5.56 Å². The Bertz CT molecular complexity index is 612. The van der Waals surface area contributed by atoms with Gasteiger partial charge in [-0.3, -0.25) is 4.68 Å². The number of aliphatic imine (C=N–C) groups is 1. The van der Waals surface area contributed by atoms with Crippen molar-refractivity contribution in [3.05, 3.63) is 47.3 Å². The zero-order valence-electron chi connectivity index (χ0n) is 12.2. The number of benzene rings is 1. The molecule has 1 heterocycles. The van der Waals surface area contributed by atoms with Gasteiger partial charge in [-0.25, -0.2) is 4.99 Å². The van der Waals surface area contributed by atoms with E-state index >= 15 is 0 Å². The van der Waals surface area contributed by atoms with Gasteiger partial charge in [0.05, 0.1) is 12.7 Å². The second kappa shape index (κ2) is 6.23. The van der Waals surface area contributed by atoms with Gasteiger partial charge in [-0.2, -0.15) is 5.10 Å². The van der Waals surface area contributed by atoms with E-state index in [1.54, 1.807) is 0 Å². The molecule has 0 unspecified atom stereocenters. The lowest BCUT2D eigenvalue weighted by Crippen LogP contribution is -2.22. The van der Waals surface area contributed by atoms with Crippen molar-refractivity contribution in [3.63, 3.8) is 0 Å². The third-order valence-electron chi connectivity index (χ3n) is 3.36. The Morgan fingerprint density at radius 3 is 2.90 bits per heavy atom. The zero-order chi connectivity index (χ0) is 14.5. The maximum atomic E-state index is 5.91. The van der Waals surface area contributed by atoms with Gasteiger partial charge in [0.25, 0.3) is 0 Å². The van der Waals surface area contributed by atoms with Crippen LogP contribution < -0.4 is 11.1 Å². The predicted octanol–water partition coefficient (Wildman–Crippen LogP) is 2.22. The smallest absolute Gasteiger partial charge is 0.193 e. The fourth-order valence-electron chi connectivity index (χ4n) is 1.93. The van der Waals surface area contributed by atoms with Crippen LogP contribution in [0, 0.1) is 6.92 Å². The van der Waals surface area contributed by atoms with Crippen LogP contribution in [0.3, 0.4) is 0 Å². The van der Waals surface area contributed by atoms with Crippen molar-refractivity contribution in [2.24, 2.45) is 17.8 Å². The number of nitrogens with one attached hydrogen (secondary N) is 1. The molecule has 3 N–H and O–H groups in total.